The van der Waals surface area contributed by atoms with E-state index in [1.165, 1.54) is 11.3 Å². The van der Waals surface area contributed by atoms with Gasteiger partial charge in [-0.15, -0.1) is 11.3 Å². The van der Waals surface area contributed by atoms with Gasteiger partial charge in [-0.1, -0.05) is 30.3 Å². The van der Waals surface area contributed by atoms with Gasteiger partial charge in [0.1, 0.15) is 15.5 Å². The molecule has 0 saturated carbocycles. The maximum Gasteiger partial charge on any atom is 0.348 e. The fourth-order valence-electron chi connectivity index (χ4n) is 3.62. The van der Waals surface area contributed by atoms with Gasteiger partial charge in [0.15, 0.2) is 0 Å². The number of H-pyrrole nitrogens is 1. The summed E-state index contributed by atoms with van der Waals surface area (Å²) in [6, 6.07) is 9.90. The lowest BCUT2D eigenvalue weighted by atomic mass is 10.2. The van der Waals surface area contributed by atoms with Crippen molar-refractivity contribution >= 4 is 27.5 Å². The predicted molar refractivity (Wildman–Crippen MR) is 133 cm³/mol. The average molecular weight is 488 g/mol. The summed E-state index contributed by atoms with van der Waals surface area (Å²) >= 11 is 1.17. The quantitative estimate of drug-likeness (QED) is 0.398. The van der Waals surface area contributed by atoms with Crippen LogP contribution in [0, 0.1) is 6.92 Å². The second kappa shape index (κ2) is 11.7. The van der Waals surface area contributed by atoms with E-state index < -0.39 is 12.1 Å². The zero-order chi connectivity index (χ0) is 24.8. The number of nitrogens with one attached hydrogen (secondary N) is 1. The molecule has 184 valence electrons. The third-order valence-electron chi connectivity index (χ3n) is 5.09. The summed E-state index contributed by atoms with van der Waals surface area (Å²) in [6.45, 7) is 10.6. The normalized spacial score (nSPS) is 12.7. The van der Waals surface area contributed by atoms with Gasteiger partial charge >= 0.3 is 5.97 Å². The molecule has 0 aliphatic rings. The molecule has 1 atom stereocenters. The number of hydrogen-bond acceptors (Lipinski definition) is 8. The van der Waals surface area contributed by atoms with E-state index in [0.717, 1.165) is 5.56 Å². The number of thiophene rings is 1. The minimum absolute atomic E-state index is 0.0244. The zero-order valence-electron chi connectivity index (χ0n) is 20.3. The van der Waals surface area contributed by atoms with Crippen molar-refractivity contribution in [3.63, 3.8) is 0 Å². The molecule has 0 aliphatic carbocycles. The van der Waals surface area contributed by atoms with Gasteiger partial charge in [-0.2, -0.15) is 0 Å². The first kappa shape index (κ1) is 26.0. The molecule has 2 N–H and O–H groups in total. The van der Waals surface area contributed by atoms with Crippen LogP contribution in [0.2, 0.25) is 0 Å². The Morgan fingerprint density at radius 1 is 1.15 bits per heavy atom. The van der Waals surface area contributed by atoms with Crippen LogP contribution < -0.4 is 5.56 Å². The molecule has 0 bridgehead atoms. The van der Waals surface area contributed by atoms with Crippen LogP contribution in [0.25, 0.3) is 10.2 Å². The average Bonchev–Trinajstić information content (AvgIpc) is 3.09. The summed E-state index contributed by atoms with van der Waals surface area (Å²) < 4.78 is 10.9. The van der Waals surface area contributed by atoms with E-state index >= 15 is 0 Å². The van der Waals surface area contributed by atoms with Gasteiger partial charge in [-0.05, 0) is 45.7 Å². The lowest BCUT2D eigenvalue weighted by Gasteiger charge is -2.25. The van der Waals surface area contributed by atoms with Crippen molar-refractivity contribution in [3.05, 3.63) is 62.5 Å². The Hall–Kier alpha value is -2.59. The molecule has 2 aromatic heterocycles. The number of nitrogens with zero attached hydrogens (tertiary/aromatic N) is 2. The number of hydrogen-bond donors (Lipinski definition) is 2. The Balaban J connectivity index is 1.86. The van der Waals surface area contributed by atoms with Gasteiger partial charge in [0, 0.05) is 13.1 Å². The molecule has 3 aromatic rings. The topological polar surface area (TPSA) is 105 Å². The van der Waals surface area contributed by atoms with Gasteiger partial charge in [0.2, 0.25) is 0 Å². The van der Waals surface area contributed by atoms with Gasteiger partial charge in [-0.3, -0.25) is 9.69 Å². The Kier molecular flexibility index (Phi) is 8.96. The minimum Gasteiger partial charge on any atom is -0.459 e. The molecule has 1 aromatic carbocycles. The van der Waals surface area contributed by atoms with Crippen LogP contribution in [0.5, 0.6) is 0 Å². The third-order valence-corrected chi connectivity index (χ3v) is 6.26. The number of carbonyl (C=O) groups excluding carboxylic acids is 1. The highest BCUT2D eigenvalue weighted by atomic mass is 32.1. The van der Waals surface area contributed by atoms with E-state index in [1.807, 2.05) is 49.1 Å². The predicted octanol–water partition coefficient (Wildman–Crippen LogP) is 3.65. The van der Waals surface area contributed by atoms with E-state index in [4.69, 9.17) is 9.47 Å². The summed E-state index contributed by atoms with van der Waals surface area (Å²) in [5.74, 6) is 0.0193. The maximum absolute atomic E-state index is 12.9. The van der Waals surface area contributed by atoms with E-state index in [0.29, 0.717) is 46.1 Å². The molecule has 8 nitrogen and oxygen atoms in total. The third kappa shape index (κ3) is 6.96. The number of aryl methyl sites for hydroxylation is 1. The smallest absolute Gasteiger partial charge is 0.348 e. The summed E-state index contributed by atoms with van der Waals surface area (Å²) in [5.41, 5.74) is 1.36. The second-order valence-electron chi connectivity index (χ2n) is 8.89. The van der Waals surface area contributed by atoms with Gasteiger partial charge < -0.3 is 19.6 Å². The molecule has 0 spiro atoms. The standard InChI is InChI=1S/C25H33N3O5S/c1-15(2)32-14-19(29)12-28(11-18-9-7-6-8-10-18)13-20-26-23(30)21-17(5)22(34-24(21)27-20)25(31)33-16(3)4/h6-10,15-16,19,29H,11-14H2,1-5H3,(H,26,27,30)/t19-/m1/s1. The van der Waals surface area contributed by atoms with Crippen molar-refractivity contribution in [2.75, 3.05) is 13.2 Å². The molecule has 0 unspecified atom stereocenters. The molecular formula is C25H33N3O5S. The number of aromatic amines is 1. The van der Waals surface area contributed by atoms with Gasteiger partial charge in [-0.25, -0.2) is 9.78 Å². The summed E-state index contributed by atoms with van der Waals surface area (Å²) in [7, 11) is 0. The second-order valence-corrected chi connectivity index (χ2v) is 9.89. The van der Waals surface area contributed by atoms with Crippen LogP contribution in [0.15, 0.2) is 35.1 Å². The number of carbonyl (C=O) groups is 1. The van der Waals surface area contributed by atoms with Crippen LogP contribution in [0.3, 0.4) is 0 Å². The van der Waals surface area contributed by atoms with Crippen molar-refractivity contribution in [1.29, 1.82) is 0 Å². The zero-order valence-corrected chi connectivity index (χ0v) is 21.1. The molecule has 0 saturated heterocycles. The molecule has 0 aliphatic heterocycles. The number of esters is 1. The van der Waals surface area contributed by atoms with Crippen molar-refractivity contribution in [3.8, 4) is 0 Å². The van der Waals surface area contributed by atoms with Crippen LogP contribution in [0.1, 0.15) is 54.3 Å². The fourth-order valence-corrected chi connectivity index (χ4v) is 4.70. The fraction of sp³-hybridized carbons (Fsp3) is 0.480. The van der Waals surface area contributed by atoms with Crippen LogP contribution in [-0.2, 0) is 22.6 Å². The first-order chi connectivity index (χ1) is 16.1. The first-order valence-corrected chi connectivity index (χ1v) is 12.2. The molecule has 2 heterocycles. The maximum atomic E-state index is 12.9. The molecule has 0 radical (unpaired) electrons. The van der Waals surface area contributed by atoms with Crippen molar-refractivity contribution in [2.45, 2.75) is 66.0 Å². The number of aliphatic hydroxyl groups is 1. The Morgan fingerprint density at radius 2 is 1.85 bits per heavy atom. The van der Waals surface area contributed by atoms with Crippen LogP contribution in [0.4, 0.5) is 0 Å². The SMILES string of the molecule is Cc1c(C(=O)OC(C)C)sc2nc(CN(Cc3ccccc3)C[C@@H](O)COC(C)C)[nH]c(=O)c12. The first-order valence-electron chi connectivity index (χ1n) is 11.4. The number of aromatic nitrogens is 2. The lowest BCUT2D eigenvalue weighted by molar-refractivity contribution is -0.0109. The largest absolute Gasteiger partial charge is 0.459 e. The number of rotatable bonds is 11. The Bertz CT molecular complexity index is 1160. The number of ether oxygens (including phenoxy) is 2. The van der Waals surface area contributed by atoms with Crippen LogP contribution in [-0.4, -0.2) is 57.4 Å². The summed E-state index contributed by atoms with van der Waals surface area (Å²) in [6.07, 6.45) is -0.921. The van der Waals surface area contributed by atoms with E-state index in [9.17, 15) is 14.7 Å². The number of aliphatic hydroxyl groups excluding tert-OH is 1. The highest BCUT2D eigenvalue weighted by Gasteiger charge is 2.22. The highest BCUT2D eigenvalue weighted by molar-refractivity contribution is 7.20. The Labute approximate surface area is 203 Å². The van der Waals surface area contributed by atoms with Crippen LogP contribution >= 0.6 is 11.3 Å². The van der Waals surface area contributed by atoms with Crippen molar-refractivity contribution < 1.29 is 19.4 Å². The summed E-state index contributed by atoms with van der Waals surface area (Å²) in [4.78, 5) is 35.7. The van der Waals surface area contributed by atoms with Crippen molar-refractivity contribution in [2.24, 2.45) is 0 Å². The molecule has 9 heteroatoms. The van der Waals surface area contributed by atoms with Crippen molar-refractivity contribution in [1.82, 2.24) is 14.9 Å². The summed E-state index contributed by atoms with van der Waals surface area (Å²) in [5, 5.41) is 10.9. The molecular weight excluding hydrogens is 454 g/mol. The molecule has 0 fully saturated rings. The number of fused-ring (bicyclic) bond motifs is 1. The molecule has 0 amide bonds. The van der Waals surface area contributed by atoms with E-state index in [1.54, 1.807) is 20.8 Å². The highest BCUT2D eigenvalue weighted by Crippen LogP contribution is 2.28. The minimum atomic E-state index is -0.692. The molecule has 3 rings (SSSR count). The Morgan fingerprint density at radius 3 is 2.50 bits per heavy atom. The molecule has 34 heavy (non-hydrogen) atoms. The lowest BCUT2D eigenvalue weighted by Crippen LogP contribution is -2.35. The van der Waals surface area contributed by atoms with Gasteiger partial charge in [0.25, 0.3) is 5.56 Å². The number of benzene rings is 1. The van der Waals surface area contributed by atoms with E-state index in [2.05, 4.69) is 9.97 Å². The van der Waals surface area contributed by atoms with Gasteiger partial charge in [0.05, 0.1) is 36.8 Å². The van der Waals surface area contributed by atoms with E-state index in [-0.39, 0.29) is 24.4 Å². The monoisotopic (exact) mass is 487 g/mol.